The monoisotopic (exact) mass is 490 g/mol. The van der Waals surface area contributed by atoms with E-state index < -0.39 is 5.60 Å². The molecule has 0 spiro atoms. The summed E-state index contributed by atoms with van der Waals surface area (Å²) in [5.74, 6) is -0.200. The van der Waals surface area contributed by atoms with Gasteiger partial charge in [-0.2, -0.15) is 5.10 Å². The zero-order valence-corrected chi connectivity index (χ0v) is 21.8. The van der Waals surface area contributed by atoms with E-state index in [0.29, 0.717) is 47.3 Å². The average molecular weight is 491 g/mol. The quantitative estimate of drug-likeness (QED) is 0.684. The number of carbonyl (C=O) groups excluding carboxylic acids is 2. The minimum atomic E-state index is -0.505. The summed E-state index contributed by atoms with van der Waals surface area (Å²) in [7, 11) is 1.61. The Morgan fingerprint density at radius 3 is 2.35 bits per heavy atom. The van der Waals surface area contributed by atoms with E-state index in [1.54, 1.807) is 18.9 Å². The fraction of sp³-hybridized carbons (Fsp3) is 0.609. The number of nitrogens with zero attached hydrogens (tertiary/aromatic N) is 5. The SMILES string of the molecule is Cc1nc(-c2c(C)c(C)nn(C)c2=O)sc1C(=O)NCCN1CCN(C(=O)OC(C)(C)C)CC1. The van der Waals surface area contributed by atoms with Gasteiger partial charge in [-0.15, -0.1) is 11.3 Å². The maximum absolute atomic E-state index is 12.8. The second-order valence-electron chi connectivity index (χ2n) is 9.51. The van der Waals surface area contributed by atoms with E-state index in [1.807, 2.05) is 34.6 Å². The number of hydrogen-bond acceptors (Lipinski definition) is 8. The highest BCUT2D eigenvalue weighted by atomic mass is 32.1. The fourth-order valence-electron chi connectivity index (χ4n) is 3.70. The summed E-state index contributed by atoms with van der Waals surface area (Å²) < 4.78 is 6.73. The first-order valence-corrected chi connectivity index (χ1v) is 12.2. The number of hydrogen-bond donors (Lipinski definition) is 1. The summed E-state index contributed by atoms with van der Waals surface area (Å²) >= 11 is 1.22. The van der Waals surface area contributed by atoms with Crippen LogP contribution in [0.1, 0.15) is 47.4 Å². The van der Waals surface area contributed by atoms with Gasteiger partial charge in [0.25, 0.3) is 11.5 Å². The Kier molecular flexibility index (Phi) is 7.77. The number of nitrogens with one attached hydrogen (secondary N) is 1. The van der Waals surface area contributed by atoms with Crippen molar-refractivity contribution < 1.29 is 14.3 Å². The van der Waals surface area contributed by atoms with Gasteiger partial charge in [0.15, 0.2) is 0 Å². The van der Waals surface area contributed by atoms with Crippen molar-refractivity contribution in [3.8, 4) is 10.6 Å². The molecule has 2 amide bonds. The molecule has 0 unspecified atom stereocenters. The molecule has 11 heteroatoms. The number of thiazole rings is 1. The van der Waals surface area contributed by atoms with Crippen molar-refractivity contribution in [1.29, 1.82) is 0 Å². The van der Waals surface area contributed by atoms with Gasteiger partial charge in [-0.05, 0) is 47.1 Å². The number of aromatic nitrogens is 3. The van der Waals surface area contributed by atoms with Crippen LogP contribution in [-0.4, -0.2) is 81.4 Å². The largest absolute Gasteiger partial charge is 0.444 e. The number of ether oxygens (including phenoxy) is 1. The zero-order chi connectivity index (χ0) is 25.2. The van der Waals surface area contributed by atoms with Crippen LogP contribution >= 0.6 is 11.3 Å². The first-order chi connectivity index (χ1) is 15.9. The summed E-state index contributed by atoms with van der Waals surface area (Å²) in [6.45, 7) is 14.8. The minimum absolute atomic E-state index is 0.200. The van der Waals surface area contributed by atoms with Gasteiger partial charge in [0.2, 0.25) is 0 Å². The van der Waals surface area contributed by atoms with E-state index in [0.717, 1.165) is 24.3 Å². The molecule has 0 saturated carbocycles. The van der Waals surface area contributed by atoms with Gasteiger partial charge >= 0.3 is 6.09 Å². The normalized spacial score (nSPS) is 14.9. The maximum Gasteiger partial charge on any atom is 0.410 e. The molecule has 0 radical (unpaired) electrons. The smallest absolute Gasteiger partial charge is 0.410 e. The number of carbonyl (C=O) groups is 2. The Morgan fingerprint density at radius 1 is 1.09 bits per heavy atom. The number of aryl methyl sites for hydroxylation is 3. The molecule has 34 heavy (non-hydrogen) atoms. The van der Waals surface area contributed by atoms with Gasteiger partial charge in [-0.1, -0.05) is 0 Å². The molecule has 1 N–H and O–H groups in total. The van der Waals surface area contributed by atoms with Crippen molar-refractivity contribution in [1.82, 2.24) is 29.9 Å². The molecule has 0 aromatic carbocycles. The molecule has 1 aliphatic rings. The molecule has 0 bridgehead atoms. The Bertz CT molecular complexity index is 1130. The van der Waals surface area contributed by atoms with Crippen molar-refractivity contribution >= 4 is 23.3 Å². The van der Waals surface area contributed by atoms with Gasteiger partial charge in [-0.3, -0.25) is 14.5 Å². The summed E-state index contributed by atoms with van der Waals surface area (Å²) in [5, 5.41) is 7.70. The van der Waals surface area contributed by atoms with Crippen LogP contribution in [0, 0.1) is 20.8 Å². The van der Waals surface area contributed by atoms with Crippen LogP contribution in [-0.2, 0) is 11.8 Å². The third-order valence-electron chi connectivity index (χ3n) is 5.68. The van der Waals surface area contributed by atoms with E-state index >= 15 is 0 Å². The minimum Gasteiger partial charge on any atom is -0.444 e. The lowest BCUT2D eigenvalue weighted by atomic mass is 10.1. The van der Waals surface area contributed by atoms with Crippen LogP contribution in [0.15, 0.2) is 4.79 Å². The van der Waals surface area contributed by atoms with E-state index in [9.17, 15) is 14.4 Å². The molecular formula is C23H34N6O4S. The first-order valence-electron chi connectivity index (χ1n) is 11.4. The highest BCUT2D eigenvalue weighted by molar-refractivity contribution is 7.17. The maximum atomic E-state index is 12.8. The summed E-state index contributed by atoms with van der Waals surface area (Å²) in [4.78, 5) is 46.6. The van der Waals surface area contributed by atoms with Crippen molar-refractivity contribution in [2.75, 3.05) is 39.3 Å². The van der Waals surface area contributed by atoms with Crippen LogP contribution in [0.2, 0.25) is 0 Å². The molecule has 1 saturated heterocycles. The lowest BCUT2D eigenvalue weighted by molar-refractivity contribution is 0.0147. The van der Waals surface area contributed by atoms with Crippen LogP contribution in [0.25, 0.3) is 10.6 Å². The lowest BCUT2D eigenvalue weighted by Crippen LogP contribution is -2.51. The highest BCUT2D eigenvalue weighted by Crippen LogP contribution is 2.28. The van der Waals surface area contributed by atoms with Gasteiger partial charge in [-0.25, -0.2) is 14.5 Å². The molecule has 2 aromatic heterocycles. The highest BCUT2D eigenvalue weighted by Gasteiger charge is 2.26. The molecule has 0 atom stereocenters. The summed E-state index contributed by atoms with van der Waals surface area (Å²) in [5.41, 5.74) is 1.88. The lowest BCUT2D eigenvalue weighted by Gasteiger charge is -2.35. The zero-order valence-electron chi connectivity index (χ0n) is 21.0. The fourth-order valence-corrected chi connectivity index (χ4v) is 4.78. The third-order valence-corrected chi connectivity index (χ3v) is 6.85. The molecule has 1 fully saturated rings. The third kappa shape index (κ3) is 6.01. The molecule has 186 valence electrons. The molecule has 3 rings (SSSR count). The molecule has 2 aromatic rings. The van der Waals surface area contributed by atoms with Gasteiger partial charge in [0, 0.05) is 46.3 Å². The van der Waals surface area contributed by atoms with Crippen LogP contribution < -0.4 is 10.9 Å². The molecule has 1 aliphatic heterocycles. The van der Waals surface area contributed by atoms with E-state index in [1.165, 1.54) is 16.0 Å². The van der Waals surface area contributed by atoms with E-state index in [4.69, 9.17) is 4.74 Å². The summed E-state index contributed by atoms with van der Waals surface area (Å²) in [6.07, 6.45) is -0.286. The average Bonchev–Trinajstić information content (AvgIpc) is 3.13. The Labute approximate surface area is 203 Å². The molecular weight excluding hydrogens is 456 g/mol. The van der Waals surface area contributed by atoms with E-state index in [2.05, 4.69) is 20.3 Å². The van der Waals surface area contributed by atoms with Crippen molar-refractivity contribution in [2.24, 2.45) is 7.05 Å². The van der Waals surface area contributed by atoms with Crippen molar-refractivity contribution in [3.63, 3.8) is 0 Å². The van der Waals surface area contributed by atoms with Crippen LogP contribution in [0.3, 0.4) is 0 Å². The van der Waals surface area contributed by atoms with Crippen molar-refractivity contribution in [2.45, 2.75) is 47.1 Å². The predicted molar refractivity (Wildman–Crippen MR) is 131 cm³/mol. The summed E-state index contributed by atoms with van der Waals surface area (Å²) in [6, 6.07) is 0. The van der Waals surface area contributed by atoms with Gasteiger partial charge in [0.1, 0.15) is 15.5 Å². The Balaban J connectivity index is 1.55. The topological polar surface area (TPSA) is 110 Å². The van der Waals surface area contributed by atoms with Crippen LogP contribution in [0.5, 0.6) is 0 Å². The number of piperazine rings is 1. The van der Waals surface area contributed by atoms with Crippen LogP contribution in [0.4, 0.5) is 4.79 Å². The number of rotatable bonds is 5. The molecule has 0 aliphatic carbocycles. The number of amides is 2. The van der Waals surface area contributed by atoms with Gasteiger partial charge in [0.05, 0.1) is 17.0 Å². The second-order valence-corrected chi connectivity index (χ2v) is 10.5. The molecule has 10 nitrogen and oxygen atoms in total. The molecule has 3 heterocycles. The van der Waals surface area contributed by atoms with Crippen molar-refractivity contribution in [3.05, 3.63) is 32.2 Å². The Morgan fingerprint density at radius 2 is 1.74 bits per heavy atom. The standard InChI is InChI=1S/C23H34N6O4S/c1-14-15(2)26-27(7)21(31)17(14)20-25-16(3)18(34-20)19(30)24-8-9-28-10-12-29(13-11-28)22(32)33-23(4,5)6/h8-13H2,1-7H3,(H,24,30). The van der Waals surface area contributed by atoms with Gasteiger partial charge < -0.3 is 15.0 Å². The second kappa shape index (κ2) is 10.2. The predicted octanol–water partition coefficient (Wildman–Crippen LogP) is 2.11. The first kappa shape index (κ1) is 25.8. The van der Waals surface area contributed by atoms with E-state index in [-0.39, 0.29) is 17.6 Å². The Hall–Kier alpha value is -2.79.